The average Bonchev–Trinajstić information content (AvgIpc) is 3.16. The van der Waals surface area contributed by atoms with Gasteiger partial charge >= 0.3 is 24.0 Å². The van der Waals surface area contributed by atoms with Gasteiger partial charge in [0.05, 0.1) is 52.9 Å². The first-order chi connectivity index (χ1) is 26.5. The fourth-order valence-corrected chi connectivity index (χ4v) is 6.04. The van der Waals surface area contributed by atoms with Crippen molar-refractivity contribution < 1.29 is 70.6 Å². The summed E-state index contributed by atoms with van der Waals surface area (Å²) in [7, 11) is 1.52. The fraction of sp³-hybridized carbons (Fsp3) is 0.417. The van der Waals surface area contributed by atoms with Crippen LogP contribution in [0.4, 0.5) is 24.5 Å². The Labute approximate surface area is 316 Å². The lowest BCUT2D eigenvalue weighted by Gasteiger charge is -2.44. The van der Waals surface area contributed by atoms with Gasteiger partial charge in [-0.3, -0.25) is 25.0 Å². The van der Waals surface area contributed by atoms with E-state index in [1.165, 1.54) is 26.2 Å². The molecule has 2 aliphatic heterocycles. The van der Waals surface area contributed by atoms with Gasteiger partial charge in [0, 0.05) is 37.1 Å². The van der Waals surface area contributed by atoms with Crippen LogP contribution >= 0.6 is 0 Å². The third-order valence-electron chi connectivity index (χ3n) is 8.90. The number of halogens is 3. The monoisotopic (exact) mass is 791 g/mol. The van der Waals surface area contributed by atoms with E-state index in [0.29, 0.717) is 5.75 Å². The van der Waals surface area contributed by atoms with Crippen molar-refractivity contribution in [2.24, 2.45) is 0 Å². The van der Waals surface area contributed by atoms with E-state index in [2.05, 4.69) is 0 Å². The summed E-state index contributed by atoms with van der Waals surface area (Å²) in [6.07, 6.45) is -14.1. The number of rotatable bonds is 13. The molecule has 0 aromatic heterocycles. The highest BCUT2D eigenvalue weighted by Gasteiger charge is 2.48. The molecule has 20 heteroatoms. The first kappa shape index (κ1) is 41.5. The number of nitro groups is 2. The molecule has 0 aliphatic carbocycles. The summed E-state index contributed by atoms with van der Waals surface area (Å²) >= 11 is 0. The number of hydrogen-bond acceptors (Lipinski definition) is 14. The molecule has 8 atom stereocenters. The van der Waals surface area contributed by atoms with Crippen molar-refractivity contribution in [3.63, 3.8) is 0 Å². The molecule has 17 nitrogen and oxygen atoms in total. The minimum Gasteiger partial charge on any atom is -0.497 e. The summed E-state index contributed by atoms with van der Waals surface area (Å²) in [5, 5.41) is 24.0. The maximum Gasteiger partial charge on any atom is 0.471 e. The molecule has 0 bridgehead atoms. The zero-order chi connectivity index (χ0) is 40.7. The molecule has 3 aromatic carbocycles. The van der Waals surface area contributed by atoms with E-state index in [-0.39, 0.29) is 35.5 Å². The number of esters is 2. The molecule has 300 valence electrons. The van der Waals surface area contributed by atoms with Gasteiger partial charge in [0.25, 0.3) is 11.4 Å². The second kappa shape index (κ2) is 17.8. The van der Waals surface area contributed by atoms with Crippen LogP contribution in [0.1, 0.15) is 53.0 Å². The fourth-order valence-electron chi connectivity index (χ4n) is 6.04. The Bertz CT molecular complexity index is 1880. The number of carbonyl (C=O) groups is 3. The summed E-state index contributed by atoms with van der Waals surface area (Å²) in [5.41, 5.74) is -0.00263. The quantitative estimate of drug-likeness (QED) is 0.134. The smallest absolute Gasteiger partial charge is 0.471 e. The van der Waals surface area contributed by atoms with Crippen molar-refractivity contribution in [1.29, 1.82) is 0 Å². The van der Waals surface area contributed by atoms with Crippen molar-refractivity contribution in [3.8, 4) is 5.75 Å². The summed E-state index contributed by atoms with van der Waals surface area (Å²) in [5.74, 6) is -3.64. The van der Waals surface area contributed by atoms with Crippen LogP contribution in [0.25, 0.3) is 0 Å². The Hall–Kier alpha value is -5.70. The van der Waals surface area contributed by atoms with Crippen LogP contribution in [0.2, 0.25) is 0 Å². The number of nitro benzene ring substituents is 2. The summed E-state index contributed by atoms with van der Waals surface area (Å²) in [4.78, 5) is 59.3. The van der Waals surface area contributed by atoms with Crippen LogP contribution in [-0.4, -0.2) is 90.1 Å². The Morgan fingerprint density at radius 3 is 1.80 bits per heavy atom. The van der Waals surface area contributed by atoms with E-state index in [1.54, 1.807) is 31.2 Å². The molecule has 3 aromatic rings. The normalized spacial score (nSPS) is 25.0. The zero-order valence-corrected chi connectivity index (χ0v) is 29.9. The first-order valence-corrected chi connectivity index (χ1v) is 17.0. The van der Waals surface area contributed by atoms with Gasteiger partial charge in [-0.2, -0.15) is 13.2 Å². The highest BCUT2D eigenvalue weighted by Crippen LogP contribution is 2.33. The van der Waals surface area contributed by atoms with E-state index in [9.17, 15) is 47.8 Å². The standard InChI is InChI=1S/C36H36F3N3O14/c1-19-31(56-34(44)23-8-12-25(13-9-23)42(48)49)27(40-35(45)36(37,38)39)16-30(53-19)55-32-20(2)52-29(51-18-21-4-14-26(50-3)15-5-21)17-28(32)54-33(43)22-6-10-24(11-7-22)41(46)47/h4-15,19-20,27-32H,16-18H2,1-3H3,(H,40,45)/t19-,20-,27-,28-,29?,30-,31+,32+/m0/s1. The third kappa shape index (κ3) is 10.5. The Balaban J connectivity index is 1.34. The van der Waals surface area contributed by atoms with Gasteiger partial charge in [0.1, 0.15) is 24.1 Å². The van der Waals surface area contributed by atoms with Gasteiger partial charge in [-0.15, -0.1) is 0 Å². The minimum atomic E-state index is -5.31. The zero-order valence-electron chi connectivity index (χ0n) is 29.9. The predicted octanol–water partition coefficient (Wildman–Crippen LogP) is 5.18. The maximum absolute atomic E-state index is 13.4. The number of alkyl halides is 3. The van der Waals surface area contributed by atoms with Gasteiger partial charge in [-0.25, -0.2) is 9.59 Å². The minimum absolute atomic E-state index is 0.0284. The first-order valence-electron chi connectivity index (χ1n) is 17.0. The number of non-ortho nitro benzene ring substituents is 2. The van der Waals surface area contributed by atoms with Gasteiger partial charge in [-0.05, 0) is 55.8 Å². The van der Waals surface area contributed by atoms with Crippen molar-refractivity contribution >= 4 is 29.2 Å². The molecular formula is C36H36F3N3O14. The van der Waals surface area contributed by atoms with Crippen molar-refractivity contribution in [3.05, 3.63) is 110 Å². The van der Waals surface area contributed by atoms with E-state index in [0.717, 1.165) is 42.0 Å². The van der Waals surface area contributed by atoms with Gasteiger partial charge < -0.3 is 38.5 Å². The third-order valence-corrected chi connectivity index (χ3v) is 8.90. The molecule has 1 unspecified atom stereocenters. The topological polar surface area (TPSA) is 214 Å². The highest BCUT2D eigenvalue weighted by molar-refractivity contribution is 5.90. The van der Waals surface area contributed by atoms with Crippen LogP contribution in [0, 0.1) is 20.2 Å². The molecule has 0 radical (unpaired) electrons. The predicted molar refractivity (Wildman–Crippen MR) is 183 cm³/mol. The van der Waals surface area contributed by atoms with Gasteiger partial charge in [0.15, 0.2) is 12.6 Å². The number of hydrogen-bond donors (Lipinski definition) is 1. The largest absolute Gasteiger partial charge is 0.497 e. The van der Waals surface area contributed by atoms with Crippen LogP contribution < -0.4 is 10.1 Å². The number of benzene rings is 3. The number of carbonyl (C=O) groups excluding carboxylic acids is 3. The molecule has 2 saturated heterocycles. The molecule has 1 amide bonds. The average molecular weight is 792 g/mol. The molecule has 2 heterocycles. The van der Waals surface area contributed by atoms with Crippen LogP contribution in [0.5, 0.6) is 5.75 Å². The lowest BCUT2D eigenvalue weighted by molar-refractivity contribution is -0.385. The SMILES string of the molecule is COc1ccc(COC2C[C@H](OC(=O)c3ccc([N+](=O)[O-])cc3)[C@H](O[C@H]3C[C@H](NC(=O)C(F)(F)F)[C@H](OC(=O)c4ccc([N+](=O)[O-])cc4)[C@H](C)O3)[C@H](C)O2)cc1. The Morgan fingerprint density at radius 1 is 0.768 bits per heavy atom. The summed E-state index contributed by atoms with van der Waals surface area (Å²) < 4.78 is 81.0. The van der Waals surface area contributed by atoms with Crippen molar-refractivity contribution in [1.82, 2.24) is 5.32 Å². The number of amides is 1. The van der Waals surface area contributed by atoms with E-state index < -0.39 is 89.4 Å². The van der Waals surface area contributed by atoms with Crippen LogP contribution in [0.15, 0.2) is 72.8 Å². The van der Waals surface area contributed by atoms with E-state index >= 15 is 0 Å². The lowest BCUT2D eigenvalue weighted by atomic mass is 9.97. The molecule has 2 aliphatic rings. The molecule has 1 N–H and O–H groups in total. The van der Waals surface area contributed by atoms with Gasteiger partial charge in [0.2, 0.25) is 0 Å². The Morgan fingerprint density at radius 2 is 1.29 bits per heavy atom. The highest BCUT2D eigenvalue weighted by atomic mass is 19.4. The molecule has 0 saturated carbocycles. The molecule has 56 heavy (non-hydrogen) atoms. The maximum atomic E-state index is 13.4. The summed E-state index contributed by atoms with van der Waals surface area (Å²) in [6.45, 7) is 3.02. The number of methoxy groups -OCH3 is 1. The molecule has 2 fully saturated rings. The van der Waals surface area contributed by atoms with Gasteiger partial charge in [-0.1, -0.05) is 12.1 Å². The number of nitrogens with one attached hydrogen (secondary N) is 1. The number of ether oxygens (including phenoxy) is 7. The number of nitrogens with zero attached hydrogens (tertiary/aromatic N) is 2. The van der Waals surface area contributed by atoms with Crippen LogP contribution in [-0.2, 0) is 39.8 Å². The second-order valence-corrected chi connectivity index (χ2v) is 12.8. The molecular weight excluding hydrogens is 755 g/mol. The molecule has 5 rings (SSSR count). The summed E-state index contributed by atoms with van der Waals surface area (Å²) in [6, 6.07) is 14.4. The lowest BCUT2D eigenvalue weighted by Crippen LogP contribution is -2.60. The van der Waals surface area contributed by atoms with Crippen molar-refractivity contribution in [2.75, 3.05) is 7.11 Å². The second-order valence-electron chi connectivity index (χ2n) is 12.8. The van der Waals surface area contributed by atoms with E-state index in [1.807, 2.05) is 5.32 Å². The Kier molecular flexibility index (Phi) is 13.2. The molecule has 0 spiro atoms. The van der Waals surface area contributed by atoms with E-state index in [4.69, 9.17) is 33.2 Å². The van der Waals surface area contributed by atoms with Crippen LogP contribution in [0.3, 0.4) is 0 Å². The van der Waals surface area contributed by atoms with Crippen molar-refractivity contribution in [2.45, 2.75) is 88.6 Å².